The van der Waals surface area contributed by atoms with Crippen LogP contribution in [0.5, 0.6) is 0 Å². The molecule has 0 aliphatic rings. The lowest BCUT2D eigenvalue weighted by molar-refractivity contribution is -0.115. The Morgan fingerprint density at radius 3 is 1.90 bits per heavy atom. The van der Waals surface area contributed by atoms with Crippen molar-refractivity contribution in [2.24, 2.45) is 5.73 Å². The van der Waals surface area contributed by atoms with E-state index in [-0.39, 0.29) is 28.5 Å². The van der Waals surface area contributed by atoms with Crippen LogP contribution in [0.1, 0.15) is 50.5 Å². The smallest absolute Gasteiger partial charge is 0.252 e. The third-order valence-corrected chi connectivity index (χ3v) is 2.87. The van der Waals surface area contributed by atoms with Gasteiger partial charge in [0.2, 0.25) is 11.8 Å². The predicted octanol–water partition coefficient (Wildman–Crippen LogP) is 2.00. The highest BCUT2D eigenvalue weighted by Gasteiger charge is 2.25. The minimum atomic E-state index is -0.714. The number of carbonyl (C=O) groups excluding carboxylic acids is 3. The molecular formula is C15H21N3O3. The second-order valence-corrected chi connectivity index (χ2v) is 5.89. The summed E-state index contributed by atoms with van der Waals surface area (Å²) in [7, 11) is 0. The van der Waals surface area contributed by atoms with Gasteiger partial charge in [-0.05, 0) is 17.0 Å². The molecule has 21 heavy (non-hydrogen) atoms. The van der Waals surface area contributed by atoms with Crippen LogP contribution >= 0.6 is 0 Å². The molecule has 0 unspecified atom stereocenters. The Labute approximate surface area is 124 Å². The minimum Gasteiger partial charge on any atom is -0.365 e. The van der Waals surface area contributed by atoms with Gasteiger partial charge >= 0.3 is 0 Å². The number of carbonyl (C=O) groups is 3. The number of anilines is 2. The van der Waals surface area contributed by atoms with Crippen molar-refractivity contribution in [3.63, 3.8) is 0 Å². The number of rotatable bonds is 3. The molecule has 6 nitrogen and oxygen atoms in total. The maximum absolute atomic E-state index is 11.8. The van der Waals surface area contributed by atoms with Crippen molar-refractivity contribution in [3.8, 4) is 0 Å². The molecule has 0 heterocycles. The summed E-state index contributed by atoms with van der Waals surface area (Å²) in [4.78, 5) is 34.5. The third kappa shape index (κ3) is 4.05. The molecule has 0 saturated carbocycles. The van der Waals surface area contributed by atoms with E-state index < -0.39 is 5.91 Å². The van der Waals surface area contributed by atoms with Crippen LogP contribution in [-0.2, 0) is 15.0 Å². The molecular weight excluding hydrogens is 270 g/mol. The van der Waals surface area contributed by atoms with E-state index in [2.05, 4.69) is 10.6 Å². The molecule has 114 valence electrons. The summed E-state index contributed by atoms with van der Waals surface area (Å²) in [5, 5.41) is 5.21. The van der Waals surface area contributed by atoms with Crippen LogP contribution in [0.25, 0.3) is 0 Å². The van der Waals surface area contributed by atoms with Crippen molar-refractivity contribution in [1.29, 1.82) is 0 Å². The first-order valence-electron chi connectivity index (χ1n) is 6.56. The monoisotopic (exact) mass is 291 g/mol. The maximum atomic E-state index is 11.8. The van der Waals surface area contributed by atoms with E-state index >= 15 is 0 Å². The molecule has 1 aromatic carbocycles. The fourth-order valence-electron chi connectivity index (χ4n) is 2.08. The third-order valence-electron chi connectivity index (χ3n) is 2.87. The normalized spacial score (nSPS) is 10.9. The first-order valence-corrected chi connectivity index (χ1v) is 6.56. The molecule has 0 aromatic heterocycles. The molecule has 0 saturated heterocycles. The van der Waals surface area contributed by atoms with Gasteiger partial charge in [-0.1, -0.05) is 26.8 Å². The molecule has 1 rings (SSSR count). The van der Waals surface area contributed by atoms with Gasteiger partial charge in [-0.3, -0.25) is 14.4 Å². The number of nitrogens with one attached hydrogen (secondary N) is 2. The van der Waals surface area contributed by atoms with Crippen LogP contribution in [0.15, 0.2) is 12.1 Å². The number of amides is 3. The molecule has 4 N–H and O–H groups in total. The lowest BCUT2D eigenvalue weighted by Gasteiger charge is -2.25. The fraction of sp³-hybridized carbons (Fsp3) is 0.400. The number of hydrogen-bond donors (Lipinski definition) is 3. The van der Waals surface area contributed by atoms with Crippen LogP contribution in [0.2, 0.25) is 0 Å². The summed E-state index contributed by atoms with van der Waals surface area (Å²) >= 11 is 0. The summed E-state index contributed by atoms with van der Waals surface area (Å²) in [5.41, 5.74) is 6.62. The molecule has 0 atom stereocenters. The van der Waals surface area contributed by atoms with E-state index in [1.54, 1.807) is 12.1 Å². The average molecular weight is 291 g/mol. The molecule has 0 fully saturated rings. The zero-order valence-corrected chi connectivity index (χ0v) is 13.0. The summed E-state index contributed by atoms with van der Waals surface area (Å²) in [5.74, 6) is -1.36. The van der Waals surface area contributed by atoms with E-state index in [1.807, 2.05) is 20.8 Å². The molecule has 6 heteroatoms. The Morgan fingerprint density at radius 1 is 1.00 bits per heavy atom. The SMILES string of the molecule is CC(=O)Nc1ccc(C(C)(C)C)c(NC(C)=O)c1C(N)=O. The van der Waals surface area contributed by atoms with Gasteiger partial charge in [-0.2, -0.15) is 0 Å². The Bertz CT molecular complexity index is 601. The van der Waals surface area contributed by atoms with Crippen LogP contribution < -0.4 is 16.4 Å². The Balaban J connectivity index is 3.65. The van der Waals surface area contributed by atoms with Gasteiger partial charge in [-0.25, -0.2) is 0 Å². The van der Waals surface area contributed by atoms with E-state index in [0.717, 1.165) is 5.56 Å². The number of benzene rings is 1. The summed E-state index contributed by atoms with van der Waals surface area (Å²) < 4.78 is 0. The fourth-order valence-corrected chi connectivity index (χ4v) is 2.08. The van der Waals surface area contributed by atoms with Crippen molar-refractivity contribution < 1.29 is 14.4 Å². The molecule has 0 bridgehead atoms. The molecule has 0 aliphatic heterocycles. The van der Waals surface area contributed by atoms with Gasteiger partial charge in [-0.15, -0.1) is 0 Å². The second-order valence-electron chi connectivity index (χ2n) is 5.89. The van der Waals surface area contributed by atoms with Crippen molar-refractivity contribution in [2.45, 2.75) is 40.0 Å². The highest BCUT2D eigenvalue weighted by molar-refractivity contribution is 6.10. The number of hydrogen-bond acceptors (Lipinski definition) is 3. The number of primary amides is 1. The molecule has 0 spiro atoms. The van der Waals surface area contributed by atoms with E-state index in [0.29, 0.717) is 5.69 Å². The van der Waals surface area contributed by atoms with E-state index in [1.165, 1.54) is 13.8 Å². The largest absolute Gasteiger partial charge is 0.365 e. The van der Waals surface area contributed by atoms with E-state index in [9.17, 15) is 14.4 Å². The van der Waals surface area contributed by atoms with Crippen LogP contribution in [-0.4, -0.2) is 17.7 Å². The lowest BCUT2D eigenvalue weighted by atomic mass is 9.83. The van der Waals surface area contributed by atoms with Crippen molar-refractivity contribution in [3.05, 3.63) is 23.3 Å². The molecule has 0 radical (unpaired) electrons. The number of nitrogens with two attached hydrogens (primary N) is 1. The minimum absolute atomic E-state index is 0.104. The van der Waals surface area contributed by atoms with Gasteiger partial charge < -0.3 is 16.4 Å². The topological polar surface area (TPSA) is 101 Å². The van der Waals surface area contributed by atoms with Crippen molar-refractivity contribution in [1.82, 2.24) is 0 Å². The second kappa shape index (κ2) is 5.95. The Kier molecular flexibility index (Phi) is 4.73. The van der Waals surface area contributed by atoms with Gasteiger partial charge in [0.25, 0.3) is 5.91 Å². The standard InChI is InChI=1S/C15H21N3O3/c1-8(19)17-11-7-6-10(15(3,4)5)13(18-9(2)20)12(11)14(16)21/h6-7H,1-5H3,(H2,16,21)(H,17,19)(H,18,20). The Morgan fingerprint density at radius 2 is 1.52 bits per heavy atom. The molecule has 1 aromatic rings. The van der Waals surface area contributed by atoms with E-state index in [4.69, 9.17) is 5.73 Å². The summed E-state index contributed by atoms with van der Waals surface area (Å²) in [6.45, 7) is 8.55. The van der Waals surface area contributed by atoms with Gasteiger partial charge in [0.15, 0.2) is 0 Å². The quantitative estimate of drug-likeness (QED) is 0.793. The van der Waals surface area contributed by atoms with Gasteiger partial charge in [0.1, 0.15) is 0 Å². The highest BCUT2D eigenvalue weighted by Crippen LogP contribution is 2.36. The first kappa shape index (κ1) is 16.7. The average Bonchev–Trinajstić information content (AvgIpc) is 2.24. The van der Waals surface area contributed by atoms with Gasteiger partial charge in [0, 0.05) is 13.8 Å². The highest BCUT2D eigenvalue weighted by atomic mass is 16.2. The van der Waals surface area contributed by atoms with Crippen LogP contribution in [0.4, 0.5) is 11.4 Å². The molecule has 0 aliphatic carbocycles. The van der Waals surface area contributed by atoms with Crippen LogP contribution in [0, 0.1) is 0 Å². The Hall–Kier alpha value is -2.37. The van der Waals surface area contributed by atoms with Crippen molar-refractivity contribution >= 4 is 29.1 Å². The van der Waals surface area contributed by atoms with Crippen molar-refractivity contribution in [2.75, 3.05) is 10.6 Å². The zero-order chi connectivity index (χ0) is 16.4. The lowest BCUT2D eigenvalue weighted by Crippen LogP contribution is -2.24. The van der Waals surface area contributed by atoms with Crippen LogP contribution in [0.3, 0.4) is 0 Å². The maximum Gasteiger partial charge on any atom is 0.252 e. The summed E-state index contributed by atoms with van der Waals surface area (Å²) in [6, 6.07) is 3.39. The first-order chi connectivity index (χ1) is 9.54. The predicted molar refractivity (Wildman–Crippen MR) is 82.3 cm³/mol. The zero-order valence-electron chi connectivity index (χ0n) is 13.0. The summed E-state index contributed by atoms with van der Waals surface area (Å²) in [6.07, 6.45) is 0. The molecule has 3 amide bonds. The van der Waals surface area contributed by atoms with Gasteiger partial charge in [0.05, 0.1) is 16.9 Å².